The molecule has 0 bridgehead atoms. The van der Waals surface area contributed by atoms with Gasteiger partial charge in [0.2, 0.25) is 0 Å². The fourth-order valence-electron chi connectivity index (χ4n) is 4.64. The summed E-state index contributed by atoms with van der Waals surface area (Å²) in [6, 6.07) is 17.9. The quantitative estimate of drug-likeness (QED) is 0.319. The van der Waals surface area contributed by atoms with E-state index < -0.39 is 0 Å². The van der Waals surface area contributed by atoms with Crippen LogP contribution in [0.15, 0.2) is 87.8 Å². The van der Waals surface area contributed by atoms with Gasteiger partial charge in [-0.25, -0.2) is 0 Å². The van der Waals surface area contributed by atoms with Gasteiger partial charge in [0.05, 0.1) is 29.7 Å². The normalized spacial score (nSPS) is 16.4. The number of nitrogens with zero attached hydrogens (tertiary/aromatic N) is 2. The second-order valence-electron chi connectivity index (χ2n) is 8.77. The maximum absolute atomic E-state index is 12.3. The molecule has 0 radical (unpaired) electrons. The second-order valence-corrected chi connectivity index (χ2v) is 9.85. The SMILES string of the molecule is COc1cnccc1CNc1ccc2c(c1)Sc1cccc(C3CN(c4ccc[nH]c4=O)CCO3)c1O2. The van der Waals surface area contributed by atoms with E-state index in [0.29, 0.717) is 31.9 Å². The van der Waals surface area contributed by atoms with Gasteiger partial charge < -0.3 is 29.4 Å². The maximum Gasteiger partial charge on any atom is 0.271 e. The van der Waals surface area contributed by atoms with Gasteiger partial charge in [0.15, 0.2) is 0 Å². The van der Waals surface area contributed by atoms with Crippen molar-refractivity contribution in [1.82, 2.24) is 9.97 Å². The number of aromatic nitrogens is 2. The molecular weight excluding hydrogens is 488 g/mol. The van der Waals surface area contributed by atoms with Crippen molar-refractivity contribution in [3.8, 4) is 17.2 Å². The van der Waals surface area contributed by atoms with Gasteiger partial charge in [0, 0.05) is 48.8 Å². The standard InChI is InChI=1S/C28H26N4O4S/c1-34-23-16-29-11-9-18(23)15-31-19-7-8-22-26(14-19)37-25-6-2-4-20(27(25)36-22)24-17-32(12-13-35-24)21-5-3-10-30-28(21)33/h2-11,14,16,24,31H,12-13,15,17H2,1H3,(H,30,33). The summed E-state index contributed by atoms with van der Waals surface area (Å²) in [5.41, 5.74) is 3.58. The molecule has 0 aliphatic carbocycles. The summed E-state index contributed by atoms with van der Waals surface area (Å²) in [5.74, 6) is 2.38. The van der Waals surface area contributed by atoms with E-state index in [1.54, 1.807) is 37.5 Å². The van der Waals surface area contributed by atoms with Crippen LogP contribution in [0.4, 0.5) is 11.4 Å². The molecule has 1 unspecified atom stereocenters. The minimum absolute atomic E-state index is 0.0919. The molecule has 2 aliphatic rings. The van der Waals surface area contributed by atoms with E-state index in [-0.39, 0.29) is 11.7 Å². The molecule has 9 heteroatoms. The minimum Gasteiger partial charge on any atom is -0.495 e. The second kappa shape index (κ2) is 10.2. The fraction of sp³-hybridized carbons (Fsp3) is 0.214. The third-order valence-electron chi connectivity index (χ3n) is 6.51. The highest BCUT2D eigenvalue weighted by molar-refractivity contribution is 7.99. The lowest BCUT2D eigenvalue weighted by molar-refractivity contribution is 0.0382. The van der Waals surface area contributed by atoms with Gasteiger partial charge in [-0.3, -0.25) is 9.78 Å². The fourth-order valence-corrected chi connectivity index (χ4v) is 5.67. The predicted octanol–water partition coefficient (Wildman–Crippen LogP) is 5.23. The molecule has 188 valence electrons. The molecule has 0 amide bonds. The summed E-state index contributed by atoms with van der Waals surface area (Å²) in [5, 5.41) is 3.47. The summed E-state index contributed by atoms with van der Waals surface area (Å²) in [4.78, 5) is 23.4. The Kier molecular flexibility index (Phi) is 6.46. The summed E-state index contributed by atoms with van der Waals surface area (Å²) >= 11 is 1.68. The molecule has 1 saturated heterocycles. The Bertz CT molecular complexity index is 1490. The summed E-state index contributed by atoms with van der Waals surface area (Å²) in [6.45, 7) is 2.39. The van der Waals surface area contributed by atoms with Gasteiger partial charge in [0.1, 0.15) is 29.0 Å². The first-order valence-electron chi connectivity index (χ1n) is 12.1. The van der Waals surface area contributed by atoms with Crippen LogP contribution in [0.5, 0.6) is 17.2 Å². The molecule has 2 aromatic heterocycles. The van der Waals surface area contributed by atoms with Crippen molar-refractivity contribution >= 4 is 23.1 Å². The van der Waals surface area contributed by atoms with Gasteiger partial charge in [-0.05, 0) is 42.5 Å². The highest BCUT2D eigenvalue weighted by atomic mass is 32.2. The Hall–Kier alpha value is -3.95. The Morgan fingerprint density at radius 2 is 2.14 bits per heavy atom. The van der Waals surface area contributed by atoms with Crippen LogP contribution >= 0.6 is 11.8 Å². The van der Waals surface area contributed by atoms with Gasteiger partial charge >= 0.3 is 0 Å². The highest BCUT2D eigenvalue weighted by Gasteiger charge is 2.29. The van der Waals surface area contributed by atoms with E-state index in [1.807, 2.05) is 42.5 Å². The lowest BCUT2D eigenvalue weighted by Gasteiger charge is -2.35. The van der Waals surface area contributed by atoms with Crippen LogP contribution in [0.25, 0.3) is 0 Å². The van der Waals surface area contributed by atoms with Crippen molar-refractivity contribution in [2.24, 2.45) is 0 Å². The molecule has 2 aromatic carbocycles. The summed E-state index contributed by atoms with van der Waals surface area (Å²) < 4.78 is 18.0. The van der Waals surface area contributed by atoms with E-state index in [1.165, 1.54) is 0 Å². The lowest BCUT2D eigenvalue weighted by atomic mass is 10.1. The van der Waals surface area contributed by atoms with Crippen LogP contribution in [-0.2, 0) is 11.3 Å². The molecule has 4 aromatic rings. The van der Waals surface area contributed by atoms with Gasteiger partial charge in [-0.2, -0.15) is 0 Å². The molecule has 8 nitrogen and oxygen atoms in total. The van der Waals surface area contributed by atoms with Crippen molar-refractivity contribution in [2.45, 2.75) is 22.4 Å². The molecule has 37 heavy (non-hydrogen) atoms. The molecule has 0 spiro atoms. The third-order valence-corrected chi connectivity index (χ3v) is 7.59. The third kappa shape index (κ3) is 4.75. The van der Waals surface area contributed by atoms with Gasteiger partial charge in [0.25, 0.3) is 5.56 Å². The Labute approximate surface area is 218 Å². The van der Waals surface area contributed by atoms with Crippen LogP contribution in [0.1, 0.15) is 17.2 Å². The first-order valence-corrected chi connectivity index (χ1v) is 12.9. The number of hydrogen-bond donors (Lipinski definition) is 2. The number of aromatic amines is 1. The molecule has 0 saturated carbocycles. The van der Waals surface area contributed by atoms with Crippen molar-refractivity contribution in [3.63, 3.8) is 0 Å². The first kappa shape index (κ1) is 23.4. The number of methoxy groups -OCH3 is 1. The number of pyridine rings is 2. The van der Waals surface area contributed by atoms with E-state index in [4.69, 9.17) is 14.2 Å². The number of benzene rings is 2. The highest BCUT2D eigenvalue weighted by Crippen LogP contribution is 2.50. The monoisotopic (exact) mass is 514 g/mol. The molecule has 1 atom stereocenters. The largest absolute Gasteiger partial charge is 0.495 e. The number of nitrogens with one attached hydrogen (secondary N) is 2. The van der Waals surface area contributed by atoms with Crippen LogP contribution < -0.4 is 25.2 Å². The van der Waals surface area contributed by atoms with Crippen LogP contribution in [-0.4, -0.2) is 36.8 Å². The average Bonchev–Trinajstić information content (AvgIpc) is 2.95. The molecule has 1 fully saturated rings. The zero-order chi connectivity index (χ0) is 25.2. The number of ether oxygens (including phenoxy) is 3. The smallest absolute Gasteiger partial charge is 0.271 e. The summed E-state index contributed by atoms with van der Waals surface area (Å²) in [7, 11) is 1.65. The van der Waals surface area contributed by atoms with Gasteiger partial charge in [-0.15, -0.1) is 0 Å². The van der Waals surface area contributed by atoms with Crippen molar-refractivity contribution in [1.29, 1.82) is 0 Å². The van der Waals surface area contributed by atoms with E-state index >= 15 is 0 Å². The molecule has 4 heterocycles. The Morgan fingerprint density at radius 1 is 1.19 bits per heavy atom. The number of hydrogen-bond acceptors (Lipinski definition) is 8. The van der Waals surface area contributed by atoms with Crippen molar-refractivity contribution in [2.75, 3.05) is 37.0 Å². The first-order chi connectivity index (χ1) is 18.2. The molecular formula is C28H26N4O4S. The Balaban J connectivity index is 1.21. The van der Waals surface area contributed by atoms with Crippen LogP contribution in [0, 0.1) is 0 Å². The molecule has 2 N–H and O–H groups in total. The minimum atomic E-state index is -0.207. The van der Waals surface area contributed by atoms with E-state index in [0.717, 1.165) is 43.9 Å². The number of H-pyrrole nitrogens is 1. The van der Waals surface area contributed by atoms with Gasteiger partial charge in [-0.1, -0.05) is 23.9 Å². The zero-order valence-electron chi connectivity index (χ0n) is 20.3. The maximum atomic E-state index is 12.3. The topological polar surface area (TPSA) is 88.7 Å². The number of anilines is 2. The van der Waals surface area contributed by atoms with E-state index in [9.17, 15) is 4.79 Å². The molecule has 6 rings (SSSR count). The van der Waals surface area contributed by atoms with E-state index in [2.05, 4.69) is 32.3 Å². The van der Waals surface area contributed by atoms with Crippen molar-refractivity contribution < 1.29 is 14.2 Å². The number of fused-ring (bicyclic) bond motifs is 2. The lowest BCUT2D eigenvalue weighted by Crippen LogP contribution is -2.41. The predicted molar refractivity (Wildman–Crippen MR) is 143 cm³/mol. The zero-order valence-corrected chi connectivity index (χ0v) is 21.1. The summed E-state index contributed by atoms with van der Waals surface area (Å²) in [6.07, 6.45) is 4.92. The number of rotatable bonds is 6. The Morgan fingerprint density at radius 3 is 3.03 bits per heavy atom. The number of morpholine rings is 1. The number of para-hydroxylation sites is 1. The van der Waals surface area contributed by atoms with Crippen molar-refractivity contribution in [3.05, 3.63) is 94.7 Å². The van der Waals surface area contributed by atoms with Crippen LogP contribution in [0.3, 0.4) is 0 Å². The average molecular weight is 515 g/mol. The van der Waals surface area contributed by atoms with Crippen LogP contribution in [0.2, 0.25) is 0 Å². The molecule has 2 aliphatic heterocycles.